The third-order valence-electron chi connectivity index (χ3n) is 3.45. The average molecular weight is 239 g/mol. The Kier molecular flexibility index (Phi) is 3.79. The Labute approximate surface area is 102 Å². The van der Waals surface area contributed by atoms with E-state index in [9.17, 15) is 5.11 Å². The number of nitrogens with one attached hydrogen (secondary N) is 1. The maximum absolute atomic E-state index is 9.81. The predicted octanol–water partition coefficient (Wildman–Crippen LogP) is 1.27. The number of aromatic nitrogens is 2. The molecule has 1 saturated heterocycles. The molecule has 2 heterocycles. The normalized spacial score (nSPS) is 27.4. The molecule has 1 aliphatic rings. The SMILES string of the molecule is CC(C)c1noc(C2CNCCC2C(C)O)n1. The van der Waals surface area contributed by atoms with Crippen LogP contribution in [-0.2, 0) is 0 Å². The van der Waals surface area contributed by atoms with Crippen LogP contribution in [0.1, 0.15) is 50.7 Å². The second-order valence-corrected chi connectivity index (χ2v) is 5.15. The molecule has 1 aromatic rings. The van der Waals surface area contributed by atoms with Gasteiger partial charge in [0.15, 0.2) is 5.82 Å². The van der Waals surface area contributed by atoms with Crippen LogP contribution in [0.5, 0.6) is 0 Å². The smallest absolute Gasteiger partial charge is 0.231 e. The van der Waals surface area contributed by atoms with Gasteiger partial charge in [0.1, 0.15) is 0 Å². The number of piperidine rings is 1. The van der Waals surface area contributed by atoms with Crippen LogP contribution in [0.15, 0.2) is 4.52 Å². The standard InChI is InChI=1S/C12H21N3O2/c1-7(2)11-14-12(17-15-11)10-6-13-5-4-9(10)8(3)16/h7-10,13,16H,4-6H2,1-3H3. The number of rotatable bonds is 3. The topological polar surface area (TPSA) is 71.2 Å². The molecule has 0 bridgehead atoms. The zero-order valence-electron chi connectivity index (χ0n) is 10.7. The molecular weight excluding hydrogens is 218 g/mol. The third-order valence-corrected chi connectivity index (χ3v) is 3.45. The molecule has 3 atom stereocenters. The van der Waals surface area contributed by atoms with Gasteiger partial charge in [0.2, 0.25) is 5.89 Å². The monoisotopic (exact) mass is 239 g/mol. The zero-order valence-corrected chi connectivity index (χ0v) is 10.7. The molecule has 0 spiro atoms. The molecule has 0 radical (unpaired) electrons. The minimum absolute atomic E-state index is 0.128. The second kappa shape index (κ2) is 5.14. The van der Waals surface area contributed by atoms with Gasteiger partial charge in [-0.05, 0) is 25.8 Å². The van der Waals surface area contributed by atoms with Gasteiger partial charge in [-0.2, -0.15) is 4.98 Å². The Morgan fingerprint density at radius 2 is 2.18 bits per heavy atom. The highest BCUT2D eigenvalue weighted by molar-refractivity contribution is 5.02. The maximum atomic E-state index is 9.81. The lowest BCUT2D eigenvalue weighted by Crippen LogP contribution is -2.39. The van der Waals surface area contributed by atoms with Crippen molar-refractivity contribution in [1.29, 1.82) is 0 Å². The highest BCUT2D eigenvalue weighted by Crippen LogP contribution is 2.31. The summed E-state index contributed by atoms with van der Waals surface area (Å²) in [7, 11) is 0. The molecule has 17 heavy (non-hydrogen) atoms. The largest absolute Gasteiger partial charge is 0.393 e. The van der Waals surface area contributed by atoms with Crippen LogP contribution in [-0.4, -0.2) is 34.4 Å². The predicted molar refractivity (Wildman–Crippen MR) is 63.8 cm³/mol. The van der Waals surface area contributed by atoms with E-state index in [4.69, 9.17) is 4.52 Å². The van der Waals surface area contributed by atoms with E-state index in [0.717, 1.165) is 25.3 Å². The van der Waals surface area contributed by atoms with Crippen molar-refractivity contribution >= 4 is 0 Å². The van der Waals surface area contributed by atoms with Crippen LogP contribution in [0.2, 0.25) is 0 Å². The van der Waals surface area contributed by atoms with E-state index in [1.807, 2.05) is 20.8 Å². The molecule has 0 aromatic carbocycles. The van der Waals surface area contributed by atoms with Crippen LogP contribution in [0.3, 0.4) is 0 Å². The quantitative estimate of drug-likeness (QED) is 0.831. The van der Waals surface area contributed by atoms with Gasteiger partial charge in [-0.25, -0.2) is 0 Å². The van der Waals surface area contributed by atoms with E-state index >= 15 is 0 Å². The Balaban J connectivity index is 2.17. The molecular formula is C12H21N3O2. The number of hydrogen-bond donors (Lipinski definition) is 2. The lowest BCUT2D eigenvalue weighted by atomic mass is 9.83. The molecule has 5 heteroatoms. The lowest BCUT2D eigenvalue weighted by Gasteiger charge is -2.31. The number of aliphatic hydroxyl groups is 1. The van der Waals surface area contributed by atoms with Crippen molar-refractivity contribution in [3.63, 3.8) is 0 Å². The van der Waals surface area contributed by atoms with Crippen molar-refractivity contribution in [2.75, 3.05) is 13.1 Å². The van der Waals surface area contributed by atoms with Gasteiger partial charge >= 0.3 is 0 Å². The summed E-state index contributed by atoms with van der Waals surface area (Å²) in [5.41, 5.74) is 0. The van der Waals surface area contributed by atoms with Gasteiger partial charge in [-0.1, -0.05) is 19.0 Å². The van der Waals surface area contributed by atoms with Crippen molar-refractivity contribution in [1.82, 2.24) is 15.5 Å². The zero-order chi connectivity index (χ0) is 12.4. The van der Waals surface area contributed by atoms with Crippen molar-refractivity contribution < 1.29 is 9.63 Å². The third kappa shape index (κ3) is 2.66. The first kappa shape index (κ1) is 12.5. The summed E-state index contributed by atoms with van der Waals surface area (Å²) in [6.45, 7) is 7.66. The second-order valence-electron chi connectivity index (χ2n) is 5.15. The molecule has 0 amide bonds. The number of aliphatic hydroxyl groups excluding tert-OH is 1. The van der Waals surface area contributed by atoms with Crippen molar-refractivity contribution in [2.45, 2.75) is 45.1 Å². The molecule has 1 fully saturated rings. The Hall–Kier alpha value is -0.940. The minimum atomic E-state index is -0.337. The fourth-order valence-electron chi connectivity index (χ4n) is 2.36. The minimum Gasteiger partial charge on any atom is -0.393 e. The Morgan fingerprint density at radius 3 is 2.76 bits per heavy atom. The summed E-state index contributed by atoms with van der Waals surface area (Å²) < 4.78 is 5.33. The summed E-state index contributed by atoms with van der Waals surface area (Å²) in [4.78, 5) is 4.44. The first-order chi connectivity index (χ1) is 8.09. The highest BCUT2D eigenvalue weighted by Gasteiger charge is 2.33. The lowest BCUT2D eigenvalue weighted by molar-refractivity contribution is 0.0817. The summed E-state index contributed by atoms with van der Waals surface area (Å²) in [6.07, 6.45) is 0.610. The van der Waals surface area contributed by atoms with E-state index in [0.29, 0.717) is 5.89 Å². The highest BCUT2D eigenvalue weighted by atomic mass is 16.5. The summed E-state index contributed by atoms with van der Waals surface area (Å²) >= 11 is 0. The van der Waals surface area contributed by atoms with Crippen molar-refractivity contribution in [2.24, 2.45) is 5.92 Å². The summed E-state index contributed by atoms with van der Waals surface area (Å²) in [6, 6.07) is 0. The van der Waals surface area contributed by atoms with E-state index in [1.165, 1.54) is 0 Å². The van der Waals surface area contributed by atoms with Crippen LogP contribution in [0.4, 0.5) is 0 Å². The Morgan fingerprint density at radius 1 is 1.41 bits per heavy atom. The molecule has 0 saturated carbocycles. The molecule has 2 N–H and O–H groups in total. The van der Waals surface area contributed by atoms with Gasteiger partial charge in [0.05, 0.1) is 12.0 Å². The van der Waals surface area contributed by atoms with Gasteiger partial charge in [-0.3, -0.25) is 0 Å². The molecule has 2 rings (SSSR count). The van der Waals surface area contributed by atoms with E-state index < -0.39 is 0 Å². The molecule has 3 unspecified atom stereocenters. The van der Waals surface area contributed by atoms with Gasteiger partial charge < -0.3 is 14.9 Å². The van der Waals surface area contributed by atoms with Crippen LogP contribution in [0.25, 0.3) is 0 Å². The molecule has 1 aliphatic heterocycles. The maximum Gasteiger partial charge on any atom is 0.231 e. The average Bonchev–Trinajstić information content (AvgIpc) is 2.78. The first-order valence-electron chi connectivity index (χ1n) is 6.32. The van der Waals surface area contributed by atoms with Crippen molar-refractivity contribution in [3.05, 3.63) is 11.7 Å². The fraction of sp³-hybridized carbons (Fsp3) is 0.833. The van der Waals surface area contributed by atoms with E-state index in [2.05, 4.69) is 15.5 Å². The van der Waals surface area contributed by atoms with E-state index in [1.54, 1.807) is 0 Å². The van der Waals surface area contributed by atoms with Gasteiger partial charge in [0.25, 0.3) is 0 Å². The summed E-state index contributed by atoms with van der Waals surface area (Å²) in [5, 5.41) is 17.1. The fourth-order valence-corrected chi connectivity index (χ4v) is 2.36. The summed E-state index contributed by atoms with van der Waals surface area (Å²) in [5.74, 6) is 2.01. The van der Waals surface area contributed by atoms with Crippen LogP contribution < -0.4 is 5.32 Å². The van der Waals surface area contributed by atoms with Crippen molar-refractivity contribution in [3.8, 4) is 0 Å². The van der Waals surface area contributed by atoms with Crippen LogP contribution in [0, 0.1) is 5.92 Å². The van der Waals surface area contributed by atoms with Crippen LogP contribution >= 0.6 is 0 Å². The number of hydrogen-bond acceptors (Lipinski definition) is 5. The van der Waals surface area contributed by atoms with Gasteiger partial charge in [0, 0.05) is 12.5 Å². The first-order valence-corrected chi connectivity index (χ1v) is 6.32. The van der Waals surface area contributed by atoms with Gasteiger partial charge in [-0.15, -0.1) is 0 Å². The molecule has 1 aromatic heterocycles. The molecule has 96 valence electrons. The Bertz CT molecular complexity index is 362. The molecule has 5 nitrogen and oxygen atoms in total. The molecule has 0 aliphatic carbocycles. The van der Waals surface area contributed by atoms with E-state index in [-0.39, 0.29) is 23.9 Å². The number of nitrogens with zero attached hydrogens (tertiary/aromatic N) is 2.